The molecule has 0 atom stereocenters. The molecule has 1 aromatic carbocycles. The molecule has 5 heteroatoms. The van der Waals surface area contributed by atoms with Crippen molar-refractivity contribution in [3.05, 3.63) is 77.2 Å². The van der Waals surface area contributed by atoms with E-state index in [0.717, 1.165) is 18.5 Å². The van der Waals surface area contributed by atoms with Crippen LogP contribution in [-0.2, 0) is 12.8 Å². The molecule has 0 bridgehead atoms. The highest BCUT2D eigenvalue weighted by molar-refractivity contribution is 5.72. The lowest BCUT2D eigenvalue weighted by molar-refractivity contribution is 0.379. The Balaban J connectivity index is 1.72. The molecule has 2 heterocycles. The topological polar surface area (TPSA) is 72.0 Å². The van der Waals surface area contributed by atoms with E-state index in [1.807, 2.05) is 24.3 Å². The van der Waals surface area contributed by atoms with Gasteiger partial charge in [0.1, 0.15) is 6.33 Å². The van der Waals surface area contributed by atoms with Crippen LogP contribution in [0.1, 0.15) is 28.4 Å². The Labute approximate surface area is 134 Å². The van der Waals surface area contributed by atoms with Gasteiger partial charge in [-0.25, -0.2) is 9.97 Å². The first-order chi connectivity index (χ1) is 11.2. The molecule has 0 saturated heterocycles. The van der Waals surface area contributed by atoms with Gasteiger partial charge >= 0.3 is 0 Å². The van der Waals surface area contributed by atoms with E-state index in [2.05, 4.69) is 27.3 Å². The summed E-state index contributed by atoms with van der Waals surface area (Å²) in [5, 5.41) is 13.8. The fourth-order valence-electron chi connectivity index (χ4n) is 2.24. The molecule has 2 aromatic heterocycles. The normalized spacial score (nSPS) is 11.6. The molecule has 0 aliphatic heterocycles. The summed E-state index contributed by atoms with van der Waals surface area (Å²) in [6.07, 6.45) is 4.78. The molecular weight excluding hydrogens is 290 g/mol. The first-order valence-corrected chi connectivity index (χ1v) is 7.40. The van der Waals surface area contributed by atoms with Crippen molar-refractivity contribution in [3.63, 3.8) is 0 Å². The monoisotopic (exact) mass is 307 g/mol. The van der Waals surface area contributed by atoms with E-state index < -0.39 is 0 Å². The molecule has 0 fully saturated rings. The van der Waals surface area contributed by atoms with Gasteiger partial charge in [0, 0.05) is 17.8 Å². The Morgan fingerprint density at radius 2 is 1.96 bits per heavy atom. The number of rotatable bonds is 5. The second kappa shape index (κ2) is 6.87. The Morgan fingerprint density at radius 3 is 2.70 bits per heavy atom. The van der Waals surface area contributed by atoms with Crippen molar-refractivity contribution in [2.45, 2.75) is 19.8 Å². The number of aliphatic hydroxyl groups excluding tert-OH is 1. The summed E-state index contributed by atoms with van der Waals surface area (Å²) in [6.45, 7) is 1.80. The van der Waals surface area contributed by atoms with Crippen LogP contribution in [-0.4, -0.2) is 20.2 Å². The number of aliphatic hydroxyl groups is 1. The van der Waals surface area contributed by atoms with E-state index in [-0.39, 0.29) is 5.76 Å². The molecule has 0 unspecified atom stereocenters. The van der Waals surface area contributed by atoms with Crippen molar-refractivity contribution in [2.75, 3.05) is 0 Å². The Morgan fingerprint density at radius 1 is 1.13 bits per heavy atom. The SMILES string of the molecule is Cc1cc(/C(O)=C/c2cc(CCc3ccccc3)ncn2)on1. The fourth-order valence-corrected chi connectivity index (χ4v) is 2.24. The van der Waals surface area contributed by atoms with Crippen LogP contribution in [0.25, 0.3) is 11.8 Å². The number of benzene rings is 1. The highest BCUT2D eigenvalue weighted by Crippen LogP contribution is 2.16. The standard InChI is InChI=1S/C18H17N3O2/c1-13-9-18(23-21-13)17(22)11-16-10-15(19-12-20-16)8-7-14-5-3-2-4-6-14/h2-6,9-12,22H,7-8H2,1H3/b17-11-. The minimum atomic E-state index is -0.00157. The number of aromatic nitrogens is 3. The maximum absolute atomic E-state index is 10.1. The highest BCUT2D eigenvalue weighted by Gasteiger charge is 2.07. The van der Waals surface area contributed by atoms with Gasteiger partial charge in [0.05, 0.1) is 11.4 Å². The Kier molecular flexibility index (Phi) is 4.47. The number of aryl methyl sites for hydroxylation is 3. The third-order valence-corrected chi connectivity index (χ3v) is 3.42. The molecule has 0 saturated carbocycles. The average molecular weight is 307 g/mol. The molecule has 0 amide bonds. The molecule has 116 valence electrons. The predicted octanol–water partition coefficient (Wildman–Crippen LogP) is 3.61. The maximum atomic E-state index is 10.1. The Hall–Kier alpha value is -2.95. The zero-order valence-electron chi connectivity index (χ0n) is 12.8. The van der Waals surface area contributed by atoms with Gasteiger partial charge < -0.3 is 9.63 Å². The maximum Gasteiger partial charge on any atom is 0.201 e. The smallest absolute Gasteiger partial charge is 0.201 e. The molecule has 0 spiro atoms. The summed E-state index contributed by atoms with van der Waals surface area (Å²) >= 11 is 0. The van der Waals surface area contributed by atoms with E-state index in [0.29, 0.717) is 17.1 Å². The number of nitrogens with zero attached hydrogens (tertiary/aromatic N) is 3. The van der Waals surface area contributed by atoms with E-state index >= 15 is 0 Å². The largest absolute Gasteiger partial charge is 0.504 e. The average Bonchev–Trinajstić information content (AvgIpc) is 3.01. The molecule has 0 aliphatic rings. The first-order valence-electron chi connectivity index (χ1n) is 7.40. The third kappa shape index (κ3) is 4.03. The van der Waals surface area contributed by atoms with Crippen molar-refractivity contribution in [2.24, 2.45) is 0 Å². The molecule has 0 radical (unpaired) electrons. The third-order valence-electron chi connectivity index (χ3n) is 3.42. The molecule has 3 rings (SSSR count). The van der Waals surface area contributed by atoms with Crippen LogP contribution in [0.15, 0.2) is 53.3 Å². The van der Waals surface area contributed by atoms with Crippen LogP contribution >= 0.6 is 0 Å². The summed E-state index contributed by atoms with van der Waals surface area (Å²) in [4.78, 5) is 8.44. The summed E-state index contributed by atoms with van der Waals surface area (Å²) in [6, 6.07) is 13.8. The van der Waals surface area contributed by atoms with Gasteiger partial charge in [-0.3, -0.25) is 0 Å². The molecule has 5 nitrogen and oxygen atoms in total. The van der Waals surface area contributed by atoms with Crippen molar-refractivity contribution in [1.82, 2.24) is 15.1 Å². The van der Waals surface area contributed by atoms with Crippen LogP contribution in [0.4, 0.5) is 0 Å². The molecule has 23 heavy (non-hydrogen) atoms. The van der Waals surface area contributed by atoms with Gasteiger partial charge in [-0.2, -0.15) is 0 Å². The number of hydrogen-bond acceptors (Lipinski definition) is 5. The quantitative estimate of drug-likeness (QED) is 0.729. The van der Waals surface area contributed by atoms with Gasteiger partial charge in [0.25, 0.3) is 0 Å². The van der Waals surface area contributed by atoms with E-state index in [1.165, 1.54) is 11.9 Å². The van der Waals surface area contributed by atoms with E-state index in [1.54, 1.807) is 19.1 Å². The van der Waals surface area contributed by atoms with E-state index in [4.69, 9.17) is 4.52 Å². The predicted molar refractivity (Wildman–Crippen MR) is 87.6 cm³/mol. The second-order valence-electron chi connectivity index (χ2n) is 5.28. The van der Waals surface area contributed by atoms with Crippen LogP contribution in [0.3, 0.4) is 0 Å². The van der Waals surface area contributed by atoms with Gasteiger partial charge in [-0.05, 0) is 31.4 Å². The second-order valence-corrected chi connectivity index (χ2v) is 5.28. The highest BCUT2D eigenvalue weighted by atomic mass is 16.5. The van der Waals surface area contributed by atoms with Crippen LogP contribution in [0, 0.1) is 6.92 Å². The first kappa shape index (κ1) is 15.0. The molecule has 1 N–H and O–H groups in total. The minimum absolute atomic E-state index is 0.00157. The van der Waals surface area contributed by atoms with Crippen molar-refractivity contribution in [3.8, 4) is 0 Å². The fraction of sp³-hybridized carbons (Fsp3) is 0.167. The summed E-state index contributed by atoms with van der Waals surface area (Å²) < 4.78 is 5.02. The lowest BCUT2D eigenvalue weighted by Gasteiger charge is -2.02. The molecule has 0 aliphatic carbocycles. The van der Waals surface area contributed by atoms with Crippen LogP contribution in [0.2, 0.25) is 0 Å². The van der Waals surface area contributed by atoms with Crippen molar-refractivity contribution < 1.29 is 9.63 Å². The Bertz CT molecular complexity index is 810. The van der Waals surface area contributed by atoms with Gasteiger partial charge in [-0.15, -0.1) is 0 Å². The number of hydrogen-bond donors (Lipinski definition) is 1. The zero-order valence-corrected chi connectivity index (χ0v) is 12.8. The van der Waals surface area contributed by atoms with Crippen LogP contribution in [0.5, 0.6) is 0 Å². The van der Waals surface area contributed by atoms with Gasteiger partial charge in [-0.1, -0.05) is 35.5 Å². The summed E-state index contributed by atoms with van der Waals surface area (Å²) in [5.74, 6) is 0.324. The lowest BCUT2D eigenvalue weighted by Crippen LogP contribution is -1.96. The lowest BCUT2D eigenvalue weighted by atomic mass is 10.1. The summed E-state index contributed by atoms with van der Waals surface area (Å²) in [5.41, 5.74) is 3.54. The van der Waals surface area contributed by atoms with Gasteiger partial charge in [0.15, 0.2) is 5.76 Å². The van der Waals surface area contributed by atoms with Crippen molar-refractivity contribution in [1.29, 1.82) is 0 Å². The summed E-state index contributed by atoms with van der Waals surface area (Å²) in [7, 11) is 0. The van der Waals surface area contributed by atoms with Gasteiger partial charge in [0.2, 0.25) is 5.76 Å². The van der Waals surface area contributed by atoms with Crippen molar-refractivity contribution >= 4 is 11.8 Å². The minimum Gasteiger partial charge on any atom is -0.504 e. The molecule has 3 aromatic rings. The van der Waals surface area contributed by atoms with Crippen LogP contribution < -0.4 is 0 Å². The van der Waals surface area contributed by atoms with E-state index in [9.17, 15) is 5.11 Å². The zero-order chi connectivity index (χ0) is 16.1. The molecular formula is C18H17N3O2.